The summed E-state index contributed by atoms with van der Waals surface area (Å²) in [6.07, 6.45) is 0. The fourth-order valence-electron chi connectivity index (χ4n) is 2.46. The Morgan fingerprint density at radius 1 is 1.13 bits per heavy atom. The minimum atomic E-state index is -1.01. The van der Waals surface area contributed by atoms with Crippen molar-refractivity contribution in [1.82, 2.24) is 4.98 Å². The van der Waals surface area contributed by atoms with Crippen LogP contribution in [0.15, 0.2) is 41.1 Å². The lowest BCUT2D eigenvalue weighted by Crippen LogP contribution is -1.97. The Morgan fingerprint density at radius 2 is 1.83 bits per heavy atom. The molecule has 0 radical (unpaired) electrons. The van der Waals surface area contributed by atoms with E-state index in [9.17, 15) is 9.90 Å². The zero-order valence-electron chi connectivity index (χ0n) is 11.6. The van der Waals surface area contributed by atoms with Crippen LogP contribution in [0.3, 0.4) is 0 Å². The summed E-state index contributed by atoms with van der Waals surface area (Å²) >= 11 is 4.33. The number of hydrogen-bond acceptors (Lipinski definition) is 6. The highest BCUT2D eigenvalue weighted by Crippen LogP contribution is 2.42. The van der Waals surface area contributed by atoms with Gasteiger partial charge in [0.15, 0.2) is 0 Å². The Kier molecular flexibility index (Phi) is 3.41. The molecule has 0 unspecified atom stereocenters. The molecule has 4 heterocycles. The molecule has 0 aliphatic carbocycles. The molecule has 4 rings (SSSR count). The maximum absolute atomic E-state index is 11.4. The molecule has 0 spiro atoms. The van der Waals surface area contributed by atoms with Crippen LogP contribution in [-0.4, -0.2) is 16.1 Å². The predicted octanol–water partition coefficient (Wildman–Crippen LogP) is 5.03. The summed E-state index contributed by atoms with van der Waals surface area (Å²) in [7, 11) is 0. The number of hydrogen-bond donors (Lipinski definition) is 2. The number of carboxylic acids is 1. The van der Waals surface area contributed by atoms with Crippen LogP contribution in [-0.2, 0) is 0 Å². The first kappa shape index (κ1) is 14.4. The molecule has 0 fully saturated rings. The van der Waals surface area contributed by atoms with Gasteiger partial charge in [-0.05, 0) is 29.0 Å². The molecule has 3 N–H and O–H groups in total. The smallest absolute Gasteiger partial charge is 0.348 e. The van der Waals surface area contributed by atoms with Gasteiger partial charge in [-0.3, -0.25) is 0 Å². The van der Waals surface area contributed by atoms with Gasteiger partial charge in [0.25, 0.3) is 0 Å². The highest BCUT2D eigenvalue weighted by molar-refractivity contribution is 7.21. The van der Waals surface area contributed by atoms with E-state index in [2.05, 4.69) is 4.98 Å². The second-order valence-electron chi connectivity index (χ2n) is 4.84. The van der Waals surface area contributed by atoms with Crippen LogP contribution in [0.25, 0.3) is 31.2 Å². The van der Waals surface area contributed by atoms with Crippen molar-refractivity contribution in [2.45, 2.75) is 0 Å². The second-order valence-corrected chi connectivity index (χ2v) is 7.73. The van der Waals surface area contributed by atoms with Crippen LogP contribution in [0.2, 0.25) is 0 Å². The normalized spacial score (nSPS) is 11.1. The van der Waals surface area contributed by atoms with Crippen LogP contribution in [0.1, 0.15) is 9.67 Å². The first-order chi connectivity index (χ1) is 11.1. The minimum Gasteiger partial charge on any atom is -0.477 e. The number of anilines is 1. The van der Waals surface area contributed by atoms with E-state index in [1.54, 1.807) is 22.7 Å². The van der Waals surface area contributed by atoms with E-state index in [0.717, 1.165) is 37.7 Å². The van der Waals surface area contributed by atoms with E-state index in [1.807, 2.05) is 41.1 Å². The fraction of sp³-hybridized carbons (Fsp3) is 0. The summed E-state index contributed by atoms with van der Waals surface area (Å²) in [4.78, 5) is 19.0. The first-order valence-electron chi connectivity index (χ1n) is 6.69. The van der Waals surface area contributed by atoms with Crippen molar-refractivity contribution in [1.29, 1.82) is 0 Å². The Bertz CT molecular complexity index is 1000. The highest BCUT2D eigenvalue weighted by Gasteiger charge is 2.21. The van der Waals surface area contributed by atoms with Gasteiger partial charge in [0.2, 0.25) is 0 Å². The summed E-state index contributed by atoms with van der Waals surface area (Å²) in [5, 5.41) is 14.1. The summed E-state index contributed by atoms with van der Waals surface area (Å²) < 4.78 is 0. The van der Waals surface area contributed by atoms with Crippen molar-refractivity contribution < 1.29 is 9.90 Å². The molecule has 114 valence electrons. The minimum absolute atomic E-state index is 0.147. The molecule has 0 aliphatic rings. The molecule has 0 saturated carbocycles. The summed E-state index contributed by atoms with van der Waals surface area (Å²) in [6, 6.07) is 9.95. The van der Waals surface area contributed by atoms with Crippen molar-refractivity contribution >= 4 is 55.9 Å². The number of nitrogens with zero attached hydrogens (tertiary/aromatic N) is 1. The summed E-state index contributed by atoms with van der Waals surface area (Å²) in [6.45, 7) is 0. The molecule has 4 aromatic rings. The van der Waals surface area contributed by atoms with Gasteiger partial charge in [-0.25, -0.2) is 9.78 Å². The second kappa shape index (κ2) is 5.45. The molecule has 4 aromatic heterocycles. The number of rotatable bonds is 3. The molecule has 0 aromatic carbocycles. The van der Waals surface area contributed by atoms with Crippen LogP contribution in [0.4, 0.5) is 5.69 Å². The lowest BCUT2D eigenvalue weighted by Gasteiger charge is -2.05. The average molecular weight is 358 g/mol. The lowest BCUT2D eigenvalue weighted by molar-refractivity contribution is 0.0703. The number of carbonyl (C=O) groups is 1. The van der Waals surface area contributed by atoms with Gasteiger partial charge in [-0.2, -0.15) is 0 Å². The SMILES string of the molecule is Nc1c(C(=O)O)sc2nc(-c3cccs3)cc(-c3cccs3)c12. The van der Waals surface area contributed by atoms with Gasteiger partial charge in [0, 0.05) is 15.8 Å². The molecule has 0 saturated heterocycles. The maximum Gasteiger partial charge on any atom is 0.348 e. The van der Waals surface area contributed by atoms with E-state index in [0.29, 0.717) is 10.5 Å². The average Bonchev–Trinajstić information content (AvgIpc) is 3.27. The van der Waals surface area contributed by atoms with E-state index in [1.165, 1.54) is 0 Å². The summed E-state index contributed by atoms with van der Waals surface area (Å²) in [5.74, 6) is -1.01. The topological polar surface area (TPSA) is 76.2 Å². The molecular weight excluding hydrogens is 348 g/mol. The molecule has 7 heteroatoms. The zero-order valence-corrected chi connectivity index (χ0v) is 14.1. The number of nitrogens with two attached hydrogens (primary N) is 1. The first-order valence-corrected chi connectivity index (χ1v) is 9.27. The van der Waals surface area contributed by atoms with E-state index >= 15 is 0 Å². The molecule has 0 aliphatic heterocycles. The van der Waals surface area contributed by atoms with Crippen molar-refractivity contribution in [3.63, 3.8) is 0 Å². The molecule has 0 bridgehead atoms. The van der Waals surface area contributed by atoms with Crippen molar-refractivity contribution in [2.75, 3.05) is 5.73 Å². The van der Waals surface area contributed by atoms with Gasteiger partial charge in [0.05, 0.1) is 16.3 Å². The zero-order chi connectivity index (χ0) is 16.0. The van der Waals surface area contributed by atoms with Crippen molar-refractivity contribution in [3.05, 3.63) is 46.0 Å². The molecule has 0 amide bonds. The third-order valence-corrected chi connectivity index (χ3v) is 6.34. The molecule has 23 heavy (non-hydrogen) atoms. The van der Waals surface area contributed by atoms with Gasteiger partial charge >= 0.3 is 5.97 Å². The number of aromatic carboxylic acids is 1. The van der Waals surface area contributed by atoms with E-state index < -0.39 is 5.97 Å². The van der Waals surface area contributed by atoms with Crippen LogP contribution < -0.4 is 5.73 Å². The van der Waals surface area contributed by atoms with Gasteiger partial charge in [0.1, 0.15) is 9.71 Å². The number of fused-ring (bicyclic) bond motifs is 1. The number of nitrogen functional groups attached to an aromatic ring is 1. The third kappa shape index (κ3) is 2.33. The van der Waals surface area contributed by atoms with Crippen LogP contribution in [0, 0.1) is 0 Å². The molecule has 4 nitrogen and oxygen atoms in total. The van der Waals surface area contributed by atoms with Gasteiger partial charge in [-0.15, -0.1) is 34.0 Å². The predicted molar refractivity (Wildman–Crippen MR) is 97.6 cm³/mol. The van der Waals surface area contributed by atoms with Gasteiger partial charge in [-0.1, -0.05) is 12.1 Å². The fourth-order valence-corrected chi connectivity index (χ4v) is 4.85. The number of aromatic nitrogens is 1. The van der Waals surface area contributed by atoms with Crippen LogP contribution in [0.5, 0.6) is 0 Å². The number of thiophene rings is 3. The Balaban J connectivity index is 2.08. The Labute approximate surface area is 143 Å². The van der Waals surface area contributed by atoms with Crippen molar-refractivity contribution in [2.24, 2.45) is 0 Å². The number of pyridine rings is 1. The highest BCUT2D eigenvalue weighted by atomic mass is 32.1. The van der Waals surface area contributed by atoms with Crippen molar-refractivity contribution in [3.8, 4) is 21.0 Å². The standard InChI is InChI=1S/C16H10N2O2S3/c17-13-12-8(10-3-1-5-21-10)7-9(11-4-2-6-22-11)18-15(12)23-14(13)16(19)20/h1-7H,17H2,(H,19,20). The van der Waals surface area contributed by atoms with Crippen LogP contribution >= 0.6 is 34.0 Å². The molecular formula is C16H10N2O2S3. The third-order valence-electron chi connectivity index (χ3n) is 3.45. The monoisotopic (exact) mass is 358 g/mol. The summed E-state index contributed by atoms with van der Waals surface area (Å²) in [5.41, 5.74) is 8.19. The number of carboxylic acid groups (broad SMARTS) is 1. The van der Waals surface area contributed by atoms with E-state index in [-0.39, 0.29) is 4.88 Å². The molecule has 0 atom stereocenters. The Hall–Kier alpha value is -2.22. The Morgan fingerprint density at radius 3 is 2.43 bits per heavy atom. The lowest BCUT2D eigenvalue weighted by atomic mass is 10.1. The quantitative estimate of drug-likeness (QED) is 0.538. The maximum atomic E-state index is 11.4. The van der Waals surface area contributed by atoms with Gasteiger partial charge < -0.3 is 10.8 Å². The largest absolute Gasteiger partial charge is 0.477 e. The van der Waals surface area contributed by atoms with E-state index in [4.69, 9.17) is 5.73 Å².